The Bertz CT molecular complexity index is 551. The average Bonchev–Trinajstić information content (AvgIpc) is 2.36. The molecule has 0 radical (unpaired) electrons. The lowest BCUT2D eigenvalue weighted by atomic mass is 10.0. The molecule has 0 amide bonds. The lowest BCUT2D eigenvalue weighted by Gasteiger charge is -2.17. The SMILES string of the molecule is CC(C)CCC(C)Nc1ccnc2cc(Cl)ccc12. The van der Waals surface area contributed by atoms with E-state index in [2.05, 4.69) is 31.1 Å². The second kappa shape index (κ2) is 6.25. The van der Waals surface area contributed by atoms with Crippen molar-refractivity contribution in [3.05, 3.63) is 35.5 Å². The number of fused-ring (bicyclic) bond motifs is 1. The Morgan fingerprint density at radius 2 is 1.95 bits per heavy atom. The van der Waals surface area contributed by atoms with Crippen LogP contribution in [0.4, 0.5) is 5.69 Å². The summed E-state index contributed by atoms with van der Waals surface area (Å²) < 4.78 is 0. The van der Waals surface area contributed by atoms with Crippen LogP contribution >= 0.6 is 11.6 Å². The molecule has 0 aliphatic rings. The molecule has 1 aromatic carbocycles. The predicted molar refractivity (Wildman–Crippen MR) is 83.9 cm³/mol. The summed E-state index contributed by atoms with van der Waals surface area (Å²) in [4.78, 5) is 4.36. The van der Waals surface area contributed by atoms with Crippen LogP contribution in [0, 0.1) is 5.92 Å². The van der Waals surface area contributed by atoms with Crippen LogP contribution < -0.4 is 5.32 Å². The van der Waals surface area contributed by atoms with E-state index in [1.807, 2.05) is 30.5 Å². The van der Waals surface area contributed by atoms with Gasteiger partial charge in [-0.05, 0) is 49.9 Å². The van der Waals surface area contributed by atoms with Gasteiger partial charge in [0, 0.05) is 28.3 Å². The van der Waals surface area contributed by atoms with Gasteiger partial charge >= 0.3 is 0 Å². The largest absolute Gasteiger partial charge is 0.382 e. The highest BCUT2D eigenvalue weighted by Gasteiger charge is 2.07. The van der Waals surface area contributed by atoms with Crippen LogP contribution in [-0.4, -0.2) is 11.0 Å². The third-order valence-corrected chi connectivity index (χ3v) is 3.52. The van der Waals surface area contributed by atoms with Crippen molar-refractivity contribution in [1.29, 1.82) is 0 Å². The van der Waals surface area contributed by atoms with Crippen LogP contribution in [0.2, 0.25) is 5.02 Å². The van der Waals surface area contributed by atoms with Crippen molar-refractivity contribution in [2.75, 3.05) is 5.32 Å². The maximum atomic E-state index is 6.00. The smallest absolute Gasteiger partial charge is 0.0737 e. The number of hydrogen-bond donors (Lipinski definition) is 1. The Labute approximate surface area is 120 Å². The summed E-state index contributed by atoms with van der Waals surface area (Å²) in [6.45, 7) is 6.75. The number of aromatic nitrogens is 1. The van der Waals surface area contributed by atoms with Gasteiger partial charge in [-0.15, -0.1) is 0 Å². The molecule has 1 N–H and O–H groups in total. The number of rotatable bonds is 5. The fraction of sp³-hybridized carbons (Fsp3) is 0.438. The van der Waals surface area contributed by atoms with Gasteiger partial charge < -0.3 is 5.32 Å². The van der Waals surface area contributed by atoms with Gasteiger partial charge in [0.05, 0.1) is 5.52 Å². The Kier molecular flexibility index (Phi) is 4.65. The zero-order valence-corrected chi connectivity index (χ0v) is 12.5. The molecule has 1 unspecified atom stereocenters. The molecule has 2 rings (SSSR count). The normalized spacial score (nSPS) is 12.9. The van der Waals surface area contributed by atoms with Gasteiger partial charge in [0.1, 0.15) is 0 Å². The van der Waals surface area contributed by atoms with Gasteiger partial charge in [0.25, 0.3) is 0 Å². The first-order valence-corrected chi connectivity index (χ1v) is 7.25. The minimum atomic E-state index is 0.462. The Balaban J connectivity index is 2.16. The maximum absolute atomic E-state index is 6.00. The average molecular weight is 277 g/mol. The zero-order chi connectivity index (χ0) is 13.8. The monoisotopic (exact) mass is 276 g/mol. The predicted octanol–water partition coefficient (Wildman–Crippen LogP) is 5.12. The summed E-state index contributed by atoms with van der Waals surface area (Å²) in [5, 5.41) is 5.43. The van der Waals surface area contributed by atoms with Crippen molar-refractivity contribution in [3.63, 3.8) is 0 Å². The molecule has 0 spiro atoms. The van der Waals surface area contributed by atoms with E-state index >= 15 is 0 Å². The van der Waals surface area contributed by atoms with Crippen LogP contribution in [0.1, 0.15) is 33.6 Å². The molecule has 0 saturated carbocycles. The number of anilines is 1. The Morgan fingerprint density at radius 1 is 1.16 bits per heavy atom. The second-order valence-corrected chi connectivity index (χ2v) is 5.97. The fourth-order valence-electron chi connectivity index (χ4n) is 2.17. The molecule has 0 saturated heterocycles. The molecule has 0 bridgehead atoms. The lowest BCUT2D eigenvalue weighted by molar-refractivity contribution is 0.528. The molecule has 2 nitrogen and oxygen atoms in total. The standard InChI is InChI=1S/C16H21ClN2/c1-11(2)4-5-12(3)19-15-8-9-18-16-10-13(17)6-7-14(15)16/h6-12H,4-5H2,1-3H3,(H,18,19). The summed E-state index contributed by atoms with van der Waals surface area (Å²) in [6.07, 6.45) is 4.24. The highest BCUT2D eigenvalue weighted by Crippen LogP contribution is 2.25. The number of benzene rings is 1. The summed E-state index contributed by atoms with van der Waals surface area (Å²) in [7, 11) is 0. The molecule has 0 aliphatic heterocycles. The van der Waals surface area contributed by atoms with E-state index in [4.69, 9.17) is 11.6 Å². The van der Waals surface area contributed by atoms with Gasteiger partial charge in [0.2, 0.25) is 0 Å². The molecule has 2 aromatic rings. The van der Waals surface area contributed by atoms with Gasteiger partial charge in [-0.3, -0.25) is 4.98 Å². The third-order valence-electron chi connectivity index (χ3n) is 3.28. The molecule has 3 heteroatoms. The number of hydrogen-bond acceptors (Lipinski definition) is 2. The molecule has 1 atom stereocenters. The lowest BCUT2D eigenvalue weighted by Crippen LogP contribution is -2.16. The third kappa shape index (κ3) is 3.84. The van der Waals surface area contributed by atoms with Crippen LogP contribution in [0.3, 0.4) is 0 Å². The first kappa shape index (κ1) is 14.1. The van der Waals surface area contributed by atoms with E-state index in [0.29, 0.717) is 6.04 Å². The van der Waals surface area contributed by atoms with Crippen LogP contribution in [0.5, 0.6) is 0 Å². The minimum absolute atomic E-state index is 0.462. The molecule has 1 heterocycles. The van der Waals surface area contributed by atoms with Crippen molar-refractivity contribution >= 4 is 28.2 Å². The van der Waals surface area contributed by atoms with E-state index in [1.165, 1.54) is 12.8 Å². The molecular weight excluding hydrogens is 256 g/mol. The molecular formula is C16H21ClN2. The Hall–Kier alpha value is -1.28. The number of nitrogens with one attached hydrogen (secondary N) is 1. The maximum Gasteiger partial charge on any atom is 0.0737 e. The Morgan fingerprint density at radius 3 is 2.68 bits per heavy atom. The zero-order valence-electron chi connectivity index (χ0n) is 11.8. The second-order valence-electron chi connectivity index (χ2n) is 5.54. The van der Waals surface area contributed by atoms with Crippen LogP contribution in [-0.2, 0) is 0 Å². The highest BCUT2D eigenvalue weighted by molar-refractivity contribution is 6.31. The molecule has 0 fully saturated rings. The quantitative estimate of drug-likeness (QED) is 0.819. The molecule has 102 valence electrons. The van der Waals surface area contributed by atoms with E-state index in [0.717, 1.165) is 27.5 Å². The van der Waals surface area contributed by atoms with Crippen molar-refractivity contribution < 1.29 is 0 Å². The number of nitrogens with zero attached hydrogens (tertiary/aromatic N) is 1. The summed E-state index contributed by atoms with van der Waals surface area (Å²) in [6, 6.07) is 8.34. The van der Waals surface area contributed by atoms with Gasteiger partial charge in [-0.2, -0.15) is 0 Å². The summed E-state index contributed by atoms with van der Waals surface area (Å²) in [5.41, 5.74) is 2.08. The van der Waals surface area contributed by atoms with E-state index in [-0.39, 0.29) is 0 Å². The van der Waals surface area contributed by atoms with Crippen LogP contribution in [0.25, 0.3) is 10.9 Å². The van der Waals surface area contributed by atoms with E-state index in [1.54, 1.807) is 0 Å². The van der Waals surface area contributed by atoms with Crippen LogP contribution in [0.15, 0.2) is 30.5 Å². The van der Waals surface area contributed by atoms with Crippen molar-refractivity contribution in [2.45, 2.75) is 39.7 Å². The fourth-order valence-corrected chi connectivity index (χ4v) is 2.33. The number of halogens is 1. The van der Waals surface area contributed by atoms with Crippen molar-refractivity contribution in [1.82, 2.24) is 4.98 Å². The molecule has 1 aromatic heterocycles. The van der Waals surface area contributed by atoms with Gasteiger partial charge in [-0.25, -0.2) is 0 Å². The minimum Gasteiger partial charge on any atom is -0.382 e. The highest BCUT2D eigenvalue weighted by atomic mass is 35.5. The van der Waals surface area contributed by atoms with Crippen molar-refractivity contribution in [3.8, 4) is 0 Å². The summed E-state index contributed by atoms with van der Waals surface area (Å²) >= 11 is 6.00. The first-order valence-electron chi connectivity index (χ1n) is 6.87. The van der Waals surface area contributed by atoms with E-state index < -0.39 is 0 Å². The van der Waals surface area contributed by atoms with Crippen molar-refractivity contribution in [2.24, 2.45) is 5.92 Å². The molecule has 19 heavy (non-hydrogen) atoms. The first-order chi connectivity index (χ1) is 9.06. The topological polar surface area (TPSA) is 24.9 Å². The molecule has 0 aliphatic carbocycles. The van der Waals surface area contributed by atoms with Gasteiger partial charge in [0.15, 0.2) is 0 Å². The number of pyridine rings is 1. The van der Waals surface area contributed by atoms with E-state index in [9.17, 15) is 0 Å². The van der Waals surface area contributed by atoms with Gasteiger partial charge in [-0.1, -0.05) is 25.4 Å². The summed E-state index contributed by atoms with van der Waals surface area (Å²) in [5.74, 6) is 0.747.